The molecular weight excluding hydrogens is 316 g/mol. The molecule has 1 N–H and O–H groups in total. The lowest BCUT2D eigenvalue weighted by atomic mass is 10.0. The van der Waals surface area contributed by atoms with Gasteiger partial charge in [-0.05, 0) is 23.8 Å². The van der Waals surface area contributed by atoms with E-state index in [-0.39, 0.29) is 0 Å². The van der Waals surface area contributed by atoms with Crippen LogP contribution in [0, 0.1) is 0 Å². The van der Waals surface area contributed by atoms with Gasteiger partial charge in [-0.1, -0.05) is 36.4 Å². The van der Waals surface area contributed by atoms with Crippen LogP contribution in [-0.2, 0) is 11.2 Å². The number of hydrogen-bond acceptors (Lipinski definition) is 4. The SMILES string of the molecule is COc1ccccc1C[C@@H](C(=O)O)N1CCN(c2ccccc2)CC1. The number of piperazine rings is 1. The number of nitrogens with zero attached hydrogens (tertiary/aromatic N) is 2. The van der Waals surface area contributed by atoms with Crippen LogP contribution in [0.15, 0.2) is 54.6 Å². The maximum absolute atomic E-state index is 11.9. The van der Waals surface area contributed by atoms with E-state index in [0.29, 0.717) is 6.42 Å². The lowest BCUT2D eigenvalue weighted by molar-refractivity contribution is -0.143. The number of methoxy groups -OCH3 is 1. The average Bonchev–Trinajstić information content (AvgIpc) is 2.67. The van der Waals surface area contributed by atoms with Crippen LogP contribution in [0.3, 0.4) is 0 Å². The number of carboxylic acid groups (broad SMARTS) is 1. The van der Waals surface area contributed by atoms with E-state index in [1.165, 1.54) is 5.69 Å². The Bertz CT molecular complexity index is 697. The van der Waals surface area contributed by atoms with Gasteiger partial charge in [-0.15, -0.1) is 0 Å². The third-order valence-corrected chi connectivity index (χ3v) is 4.77. The molecule has 0 spiro atoms. The molecule has 1 aliphatic rings. The molecule has 5 nitrogen and oxygen atoms in total. The fourth-order valence-electron chi connectivity index (χ4n) is 3.38. The topological polar surface area (TPSA) is 53.0 Å². The number of ether oxygens (including phenoxy) is 1. The number of anilines is 1. The van der Waals surface area contributed by atoms with Gasteiger partial charge in [0.15, 0.2) is 0 Å². The monoisotopic (exact) mass is 340 g/mol. The molecule has 1 heterocycles. The van der Waals surface area contributed by atoms with E-state index in [1.807, 2.05) is 42.5 Å². The summed E-state index contributed by atoms with van der Waals surface area (Å²) in [5.74, 6) is -0.0317. The number of aliphatic carboxylic acids is 1. The first-order valence-electron chi connectivity index (χ1n) is 8.58. The lowest BCUT2D eigenvalue weighted by Crippen LogP contribution is -2.53. The van der Waals surface area contributed by atoms with Crippen LogP contribution in [0.2, 0.25) is 0 Å². The van der Waals surface area contributed by atoms with Crippen molar-refractivity contribution in [1.82, 2.24) is 4.90 Å². The molecular formula is C20H24N2O3. The van der Waals surface area contributed by atoms with Crippen molar-refractivity contribution in [3.05, 3.63) is 60.2 Å². The molecule has 0 aliphatic carbocycles. The Hall–Kier alpha value is -2.53. The Morgan fingerprint density at radius 2 is 1.68 bits per heavy atom. The van der Waals surface area contributed by atoms with Gasteiger partial charge in [-0.2, -0.15) is 0 Å². The molecule has 0 unspecified atom stereocenters. The van der Waals surface area contributed by atoms with Gasteiger partial charge in [0, 0.05) is 38.3 Å². The standard InChI is InChI=1S/C20H24N2O3/c1-25-19-10-6-5-7-16(19)15-18(20(23)24)22-13-11-21(12-14-22)17-8-3-2-4-9-17/h2-10,18H,11-15H2,1H3,(H,23,24)/t18-/m0/s1. The number of carboxylic acids is 1. The molecule has 0 aromatic heterocycles. The lowest BCUT2D eigenvalue weighted by Gasteiger charge is -2.39. The largest absolute Gasteiger partial charge is 0.496 e. The number of para-hydroxylation sites is 2. The van der Waals surface area contributed by atoms with Crippen LogP contribution in [0.4, 0.5) is 5.69 Å². The van der Waals surface area contributed by atoms with Crippen molar-refractivity contribution in [2.75, 3.05) is 38.2 Å². The summed E-state index contributed by atoms with van der Waals surface area (Å²) in [7, 11) is 1.62. The quantitative estimate of drug-likeness (QED) is 0.876. The van der Waals surface area contributed by atoms with Gasteiger partial charge in [-0.25, -0.2) is 0 Å². The second-order valence-corrected chi connectivity index (χ2v) is 6.23. The van der Waals surface area contributed by atoms with Gasteiger partial charge in [0.05, 0.1) is 7.11 Å². The molecule has 1 atom stereocenters. The summed E-state index contributed by atoms with van der Waals surface area (Å²) in [6.07, 6.45) is 0.449. The molecule has 5 heteroatoms. The zero-order valence-corrected chi connectivity index (χ0v) is 14.5. The number of rotatable bonds is 6. The number of carbonyl (C=O) groups is 1. The Kier molecular flexibility index (Phi) is 5.56. The summed E-state index contributed by atoms with van der Waals surface area (Å²) in [5, 5.41) is 9.74. The minimum Gasteiger partial charge on any atom is -0.496 e. The van der Waals surface area contributed by atoms with Crippen molar-refractivity contribution in [2.24, 2.45) is 0 Å². The molecule has 1 fully saturated rings. The Morgan fingerprint density at radius 1 is 1.04 bits per heavy atom. The molecule has 0 bridgehead atoms. The predicted octanol–water partition coefficient (Wildman–Crippen LogP) is 2.51. The molecule has 2 aromatic rings. The summed E-state index contributed by atoms with van der Waals surface area (Å²) >= 11 is 0. The molecule has 3 rings (SSSR count). The molecule has 132 valence electrons. The number of hydrogen-bond donors (Lipinski definition) is 1. The fourth-order valence-corrected chi connectivity index (χ4v) is 3.38. The fraction of sp³-hybridized carbons (Fsp3) is 0.350. The highest BCUT2D eigenvalue weighted by molar-refractivity contribution is 5.74. The van der Waals surface area contributed by atoms with Crippen LogP contribution in [-0.4, -0.2) is 55.3 Å². The molecule has 2 aromatic carbocycles. The smallest absolute Gasteiger partial charge is 0.321 e. The van der Waals surface area contributed by atoms with Crippen molar-refractivity contribution in [3.63, 3.8) is 0 Å². The molecule has 0 amide bonds. The summed E-state index contributed by atoms with van der Waals surface area (Å²) in [6, 6.07) is 17.4. The first-order valence-corrected chi connectivity index (χ1v) is 8.58. The Balaban J connectivity index is 1.67. The van der Waals surface area contributed by atoms with E-state index >= 15 is 0 Å². The Morgan fingerprint density at radius 3 is 2.32 bits per heavy atom. The minimum absolute atomic E-state index is 0.449. The van der Waals surface area contributed by atoms with Crippen molar-refractivity contribution in [3.8, 4) is 5.75 Å². The molecule has 1 saturated heterocycles. The van der Waals surface area contributed by atoms with Gasteiger partial charge in [0.2, 0.25) is 0 Å². The summed E-state index contributed by atoms with van der Waals surface area (Å²) in [6.45, 7) is 3.14. The van der Waals surface area contributed by atoms with Gasteiger partial charge in [0.25, 0.3) is 0 Å². The van der Waals surface area contributed by atoms with E-state index in [4.69, 9.17) is 4.74 Å². The van der Waals surface area contributed by atoms with Gasteiger partial charge in [-0.3, -0.25) is 9.69 Å². The Labute approximate surface area is 148 Å². The molecule has 25 heavy (non-hydrogen) atoms. The maximum Gasteiger partial charge on any atom is 0.321 e. The normalized spacial score (nSPS) is 16.4. The van der Waals surface area contributed by atoms with E-state index in [9.17, 15) is 9.90 Å². The van der Waals surface area contributed by atoms with Crippen molar-refractivity contribution < 1.29 is 14.6 Å². The maximum atomic E-state index is 11.9. The van der Waals surface area contributed by atoms with E-state index in [0.717, 1.165) is 37.5 Å². The number of benzene rings is 2. The zero-order chi connectivity index (χ0) is 17.6. The van der Waals surface area contributed by atoms with Crippen LogP contribution < -0.4 is 9.64 Å². The molecule has 0 saturated carbocycles. The second kappa shape index (κ2) is 8.03. The van der Waals surface area contributed by atoms with Crippen molar-refractivity contribution in [2.45, 2.75) is 12.5 Å². The highest BCUT2D eigenvalue weighted by Crippen LogP contribution is 2.22. The summed E-state index contributed by atoms with van der Waals surface area (Å²) < 4.78 is 5.37. The molecule has 1 aliphatic heterocycles. The minimum atomic E-state index is -0.779. The average molecular weight is 340 g/mol. The second-order valence-electron chi connectivity index (χ2n) is 6.23. The summed E-state index contributed by atoms with van der Waals surface area (Å²) in [5.41, 5.74) is 2.13. The third-order valence-electron chi connectivity index (χ3n) is 4.77. The van der Waals surface area contributed by atoms with Crippen LogP contribution in [0.1, 0.15) is 5.56 Å². The van der Waals surface area contributed by atoms with Gasteiger partial charge < -0.3 is 14.7 Å². The van der Waals surface area contributed by atoms with Crippen molar-refractivity contribution in [1.29, 1.82) is 0 Å². The zero-order valence-electron chi connectivity index (χ0n) is 14.5. The van der Waals surface area contributed by atoms with Crippen LogP contribution >= 0.6 is 0 Å². The van der Waals surface area contributed by atoms with Crippen LogP contribution in [0.25, 0.3) is 0 Å². The van der Waals surface area contributed by atoms with E-state index in [2.05, 4.69) is 21.9 Å². The summed E-state index contributed by atoms with van der Waals surface area (Å²) in [4.78, 5) is 16.2. The van der Waals surface area contributed by atoms with Crippen molar-refractivity contribution >= 4 is 11.7 Å². The first kappa shape index (κ1) is 17.3. The van der Waals surface area contributed by atoms with E-state index in [1.54, 1.807) is 7.11 Å². The molecule has 0 radical (unpaired) electrons. The highest BCUT2D eigenvalue weighted by Gasteiger charge is 2.29. The first-order chi connectivity index (χ1) is 12.2. The third kappa shape index (κ3) is 4.12. The van der Waals surface area contributed by atoms with Crippen LogP contribution in [0.5, 0.6) is 5.75 Å². The van der Waals surface area contributed by atoms with Gasteiger partial charge >= 0.3 is 5.97 Å². The predicted molar refractivity (Wildman–Crippen MR) is 98.3 cm³/mol. The highest BCUT2D eigenvalue weighted by atomic mass is 16.5. The van der Waals surface area contributed by atoms with Gasteiger partial charge in [0.1, 0.15) is 11.8 Å². The van der Waals surface area contributed by atoms with E-state index < -0.39 is 12.0 Å².